The Bertz CT molecular complexity index is 566. The molecule has 2 N–H and O–H groups in total. The van der Waals surface area contributed by atoms with E-state index in [4.69, 9.17) is 10.5 Å². The number of nitrogens with two attached hydrogens (primary N) is 1. The van der Waals surface area contributed by atoms with Crippen molar-refractivity contribution >= 4 is 17.2 Å². The fraction of sp³-hybridized carbons (Fsp3) is 0.591. The number of esters is 1. The zero-order valence-corrected chi connectivity index (χ0v) is 17.4. The molecule has 0 saturated heterocycles. The van der Waals surface area contributed by atoms with E-state index in [0.29, 0.717) is 11.6 Å². The Balaban J connectivity index is 0.00000277. The summed E-state index contributed by atoms with van der Waals surface area (Å²) < 4.78 is 5.40. The van der Waals surface area contributed by atoms with Crippen LogP contribution in [0.2, 0.25) is 0 Å². The number of hydrogen-bond acceptors (Lipinski definition) is 3. The fourth-order valence-corrected chi connectivity index (χ4v) is 2.51. The lowest BCUT2D eigenvalue weighted by Crippen LogP contribution is -2.25. The topological polar surface area (TPSA) is 52.3 Å². The van der Waals surface area contributed by atoms with E-state index in [1.54, 1.807) is 0 Å². The molecule has 3 heteroatoms. The molecule has 0 aliphatic carbocycles. The number of rotatable bonds is 6. The SMILES string of the molecule is CC.CCC/C=C(\c1cccc(CC(=O)OC(C)(C)C)c1N)C(C)C. The third-order valence-electron chi connectivity index (χ3n) is 3.54. The average molecular weight is 348 g/mol. The summed E-state index contributed by atoms with van der Waals surface area (Å²) in [6, 6.07) is 5.91. The van der Waals surface area contributed by atoms with Gasteiger partial charge in [-0.3, -0.25) is 4.79 Å². The van der Waals surface area contributed by atoms with Crippen LogP contribution in [0.25, 0.3) is 5.57 Å². The third kappa shape index (κ3) is 8.24. The largest absolute Gasteiger partial charge is 0.460 e. The summed E-state index contributed by atoms with van der Waals surface area (Å²) in [6.45, 7) is 16.1. The number of hydrogen-bond donors (Lipinski definition) is 1. The molecule has 0 aliphatic heterocycles. The molecule has 0 aromatic heterocycles. The van der Waals surface area contributed by atoms with Crippen molar-refractivity contribution in [1.82, 2.24) is 0 Å². The molecule has 1 aromatic carbocycles. The van der Waals surface area contributed by atoms with Crippen LogP contribution in [-0.2, 0) is 16.0 Å². The quantitative estimate of drug-likeness (QED) is 0.506. The maximum absolute atomic E-state index is 12.1. The molecule has 0 fully saturated rings. The second-order valence-electron chi connectivity index (χ2n) is 7.24. The molecule has 0 unspecified atom stereocenters. The number of carbonyl (C=O) groups is 1. The Morgan fingerprint density at radius 2 is 1.84 bits per heavy atom. The highest BCUT2D eigenvalue weighted by atomic mass is 16.6. The van der Waals surface area contributed by atoms with Crippen LogP contribution in [0.5, 0.6) is 0 Å². The summed E-state index contributed by atoms with van der Waals surface area (Å²) >= 11 is 0. The van der Waals surface area contributed by atoms with Gasteiger partial charge in [0.2, 0.25) is 0 Å². The number of unbranched alkanes of at least 4 members (excludes halogenated alkanes) is 1. The van der Waals surface area contributed by atoms with Crippen LogP contribution >= 0.6 is 0 Å². The van der Waals surface area contributed by atoms with Gasteiger partial charge in [0.15, 0.2) is 0 Å². The van der Waals surface area contributed by atoms with Crippen molar-refractivity contribution in [3.63, 3.8) is 0 Å². The molecule has 0 atom stereocenters. The first kappa shape index (κ1) is 23.2. The highest BCUT2D eigenvalue weighted by molar-refractivity contribution is 5.81. The highest BCUT2D eigenvalue weighted by Gasteiger charge is 2.19. The molecule has 0 radical (unpaired) electrons. The van der Waals surface area contributed by atoms with Crippen molar-refractivity contribution in [3.8, 4) is 0 Å². The Morgan fingerprint density at radius 1 is 1.24 bits per heavy atom. The summed E-state index contributed by atoms with van der Waals surface area (Å²) in [5.74, 6) is 0.144. The average Bonchev–Trinajstić information content (AvgIpc) is 2.51. The molecule has 25 heavy (non-hydrogen) atoms. The maximum Gasteiger partial charge on any atom is 0.310 e. The first-order chi connectivity index (χ1) is 11.7. The summed E-state index contributed by atoms with van der Waals surface area (Å²) in [7, 11) is 0. The minimum Gasteiger partial charge on any atom is -0.460 e. The number of benzene rings is 1. The van der Waals surface area contributed by atoms with Crippen molar-refractivity contribution in [2.45, 2.75) is 80.3 Å². The molecular formula is C22H37NO2. The zero-order valence-electron chi connectivity index (χ0n) is 17.4. The number of para-hydroxylation sites is 1. The normalized spacial score (nSPS) is 11.8. The van der Waals surface area contributed by atoms with Gasteiger partial charge in [-0.05, 0) is 44.2 Å². The standard InChI is InChI=1S/C20H31NO2.C2H6/c1-7-8-11-16(14(2)3)17-12-9-10-15(19(17)21)13-18(22)23-20(4,5)6;1-2/h9-12,14H,7-8,13,21H2,1-6H3;1-2H3/b16-11-;. The van der Waals surface area contributed by atoms with Crippen molar-refractivity contribution in [2.24, 2.45) is 5.92 Å². The van der Waals surface area contributed by atoms with E-state index < -0.39 is 5.60 Å². The van der Waals surface area contributed by atoms with Gasteiger partial charge >= 0.3 is 5.97 Å². The van der Waals surface area contributed by atoms with Crippen LogP contribution in [0.15, 0.2) is 24.3 Å². The van der Waals surface area contributed by atoms with Crippen molar-refractivity contribution in [3.05, 3.63) is 35.4 Å². The van der Waals surface area contributed by atoms with Gasteiger partial charge in [-0.15, -0.1) is 0 Å². The van der Waals surface area contributed by atoms with E-state index >= 15 is 0 Å². The fourth-order valence-electron chi connectivity index (χ4n) is 2.51. The Labute approximate surface area is 154 Å². The van der Waals surface area contributed by atoms with Crippen molar-refractivity contribution in [2.75, 3.05) is 5.73 Å². The summed E-state index contributed by atoms with van der Waals surface area (Å²) in [5.41, 5.74) is 9.68. The van der Waals surface area contributed by atoms with Gasteiger partial charge in [0.1, 0.15) is 5.60 Å². The number of ether oxygens (including phenoxy) is 1. The monoisotopic (exact) mass is 347 g/mol. The predicted molar refractivity (Wildman–Crippen MR) is 109 cm³/mol. The Hall–Kier alpha value is -1.77. The number of nitrogen functional groups attached to an aromatic ring is 1. The van der Waals surface area contributed by atoms with Gasteiger partial charge in [-0.25, -0.2) is 0 Å². The highest BCUT2D eigenvalue weighted by Crippen LogP contribution is 2.31. The lowest BCUT2D eigenvalue weighted by Gasteiger charge is -2.21. The molecule has 1 aromatic rings. The van der Waals surface area contributed by atoms with Gasteiger partial charge < -0.3 is 10.5 Å². The lowest BCUT2D eigenvalue weighted by atomic mass is 9.90. The van der Waals surface area contributed by atoms with Crippen LogP contribution in [-0.4, -0.2) is 11.6 Å². The minimum atomic E-state index is -0.479. The number of allylic oxidation sites excluding steroid dienone is 2. The van der Waals surface area contributed by atoms with E-state index in [1.165, 1.54) is 5.57 Å². The maximum atomic E-state index is 12.1. The van der Waals surface area contributed by atoms with E-state index in [2.05, 4.69) is 26.8 Å². The van der Waals surface area contributed by atoms with Crippen LogP contribution < -0.4 is 5.73 Å². The molecule has 0 amide bonds. The smallest absolute Gasteiger partial charge is 0.310 e. The Morgan fingerprint density at radius 3 is 2.32 bits per heavy atom. The predicted octanol–water partition coefficient (Wildman–Crippen LogP) is 6.02. The van der Waals surface area contributed by atoms with E-state index in [-0.39, 0.29) is 12.4 Å². The summed E-state index contributed by atoms with van der Waals surface area (Å²) in [5, 5.41) is 0. The molecule has 0 heterocycles. The van der Waals surface area contributed by atoms with Crippen LogP contribution in [0, 0.1) is 5.92 Å². The van der Waals surface area contributed by atoms with Gasteiger partial charge in [0, 0.05) is 11.3 Å². The lowest BCUT2D eigenvalue weighted by molar-refractivity contribution is -0.153. The summed E-state index contributed by atoms with van der Waals surface area (Å²) in [6.07, 6.45) is 4.60. The van der Waals surface area contributed by atoms with Gasteiger partial charge in [0.05, 0.1) is 6.42 Å². The molecule has 0 aliphatic rings. The molecule has 142 valence electrons. The van der Waals surface area contributed by atoms with Crippen molar-refractivity contribution < 1.29 is 9.53 Å². The first-order valence-corrected chi connectivity index (χ1v) is 9.45. The van der Waals surface area contributed by atoms with E-state index in [0.717, 1.165) is 24.0 Å². The van der Waals surface area contributed by atoms with Gasteiger partial charge in [-0.2, -0.15) is 0 Å². The molecule has 3 nitrogen and oxygen atoms in total. The molecule has 0 spiro atoms. The second-order valence-corrected chi connectivity index (χ2v) is 7.24. The molecule has 1 rings (SSSR count). The van der Waals surface area contributed by atoms with Gasteiger partial charge in [0.25, 0.3) is 0 Å². The molecular weight excluding hydrogens is 310 g/mol. The first-order valence-electron chi connectivity index (χ1n) is 9.45. The second kappa shape index (κ2) is 11.0. The Kier molecular flexibility index (Phi) is 10.2. The number of anilines is 1. The van der Waals surface area contributed by atoms with Crippen LogP contribution in [0.1, 0.15) is 79.4 Å². The summed E-state index contributed by atoms with van der Waals surface area (Å²) in [4.78, 5) is 12.1. The van der Waals surface area contributed by atoms with Crippen LogP contribution in [0.3, 0.4) is 0 Å². The molecule has 0 bridgehead atoms. The minimum absolute atomic E-state index is 0.204. The zero-order chi connectivity index (χ0) is 19.6. The molecule has 0 saturated carbocycles. The van der Waals surface area contributed by atoms with Crippen LogP contribution in [0.4, 0.5) is 5.69 Å². The number of carbonyl (C=O) groups excluding carboxylic acids is 1. The van der Waals surface area contributed by atoms with E-state index in [1.807, 2.05) is 52.8 Å². The van der Waals surface area contributed by atoms with Gasteiger partial charge in [-0.1, -0.05) is 65.3 Å². The van der Waals surface area contributed by atoms with E-state index in [9.17, 15) is 4.79 Å². The third-order valence-corrected chi connectivity index (χ3v) is 3.54. The van der Waals surface area contributed by atoms with Crippen molar-refractivity contribution in [1.29, 1.82) is 0 Å².